The summed E-state index contributed by atoms with van der Waals surface area (Å²) in [6.07, 6.45) is 7.18. The van der Waals surface area contributed by atoms with Crippen LogP contribution in [0.15, 0.2) is 0 Å². The molecule has 3 heteroatoms. The Hall–Kier alpha value is -0.180. The number of rotatable bonds is 2. The highest BCUT2D eigenvalue weighted by atomic mass is 32.1. The average molecular weight is 202 g/mol. The number of ether oxygens (including phenoxy) is 1. The Bertz CT molecular complexity index is 160. The van der Waals surface area contributed by atoms with Crippen LogP contribution in [0.4, 0.5) is 0 Å². The Morgan fingerprint density at radius 3 is 2.31 bits per heavy atom. The second kappa shape index (κ2) is 5.53. The number of carbonyl (C=O) groups excluding carboxylic acids is 1. The number of carbonyl (C=O) groups is 1. The van der Waals surface area contributed by atoms with E-state index >= 15 is 0 Å². The van der Waals surface area contributed by atoms with Gasteiger partial charge in [0.2, 0.25) is 0 Å². The summed E-state index contributed by atoms with van der Waals surface area (Å²) in [6, 6.07) is 0. The maximum absolute atomic E-state index is 11.2. The van der Waals surface area contributed by atoms with Crippen molar-refractivity contribution in [2.24, 2.45) is 0 Å². The van der Waals surface area contributed by atoms with Crippen molar-refractivity contribution in [3.05, 3.63) is 0 Å². The molecule has 0 heterocycles. The van der Waals surface area contributed by atoms with Crippen LogP contribution in [-0.2, 0) is 9.53 Å². The summed E-state index contributed by atoms with van der Waals surface area (Å²) in [5, 5.41) is -0.289. The lowest BCUT2D eigenvalue weighted by Gasteiger charge is -2.16. The predicted molar refractivity (Wildman–Crippen MR) is 56.0 cm³/mol. The maximum atomic E-state index is 11.2. The molecule has 1 aliphatic rings. The lowest BCUT2D eigenvalue weighted by atomic mass is 10.1. The molecular weight excluding hydrogens is 184 g/mol. The van der Waals surface area contributed by atoms with Gasteiger partial charge in [-0.05, 0) is 32.6 Å². The highest BCUT2D eigenvalue weighted by Gasteiger charge is 2.18. The van der Waals surface area contributed by atoms with Gasteiger partial charge in [-0.2, -0.15) is 12.6 Å². The third kappa shape index (κ3) is 4.03. The van der Waals surface area contributed by atoms with Crippen molar-refractivity contribution in [3.8, 4) is 0 Å². The minimum absolute atomic E-state index is 0.157. The molecule has 0 saturated heterocycles. The van der Waals surface area contributed by atoms with Gasteiger partial charge in [-0.15, -0.1) is 0 Å². The van der Waals surface area contributed by atoms with Crippen LogP contribution >= 0.6 is 12.6 Å². The van der Waals surface area contributed by atoms with Gasteiger partial charge in [0.25, 0.3) is 0 Å². The minimum atomic E-state index is -0.289. The van der Waals surface area contributed by atoms with Crippen molar-refractivity contribution in [1.82, 2.24) is 0 Å². The Morgan fingerprint density at radius 2 is 1.85 bits per heavy atom. The first-order chi connectivity index (χ1) is 6.20. The fraction of sp³-hybridized carbons (Fsp3) is 0.900. The minimum Gasteiger partial charge on any atom is -0.462 e. The van der Waals surface area contributed by atoms with E-state index in [0.717, 1.165) is 12.8 Å². The molecule has 13 heavy (non-hydrogen) atoms. The van der Waals surface area contributed by atoms with Crippen molar-refractivity contribution < 1.29 is 9.53 Å². The van der Waals surface area contributed by atoms with Crippen molar-refractivity contribution >= 4 is 18.6 Å². The van der Waals surface area contributed by atoms with Crippen molar-refractivity contribution in [2.45, 2.75) is 56.8 Å². The number of thiol groups is 1. The number of hydrogen-bond donors (Lipinski definition) is 1. The van der Waals surface area contributed by atoms with E-state index in [-0.39, 0.29) is 17.3 Å². The van der Waals surface area contributed by atoms with E-state index in [4.69, 9.17) is 4.74 Å². The van der Waals surface area contributed by atoms with Gasteiger partial charge in [0.1, 0.15) is 6.10 Å². The molecule has 1 aliphatic carbocycles. The molecule has 0 amide bonds. The monoisotopic (exact) mass is 202 g/mol. The highest BCUT2D eigenvalue weighted by Crippen LogP contribution is 2.20. The summed E-state index contributed by atoms with van der Waals surface area (Å²) in [6.45, 7) is 1.75. The van der Waals surface area contributed by atoms with Gasteiger partial charge >= 0.3 is 5.97 Å². The van der Waals surface area contributed by atoms with Gasteiger partial charge in [-0.3, -0.25) is 4.79 Å². The molecule has 1 rings (SSSR count). The van der Waals surface area contributed by atoms with Crippen molar-refractivity contribution in [3.63, 3.8) is 0 Å². The molecule has 1 unspecified atom stereocenters. The fourth-order valence-electron chi connectivity index (χ4n) is 1.62. The predicted octanol–water partition coefficient (Wildman–Crippen LogP) is 2.57. The largest absolute Gasteiger partial charge is 0.462 e. The SMILES string of the molecule is CC(S)C(=O)OC1CCCCCC1. The molecule has 1 atom stereocenters. The van der Waals surface area contributed by atoms with Gasteiger partial charge in [0.15, 0.2) is 0 Å². The lowest BCUT2D eigenvalue weighted by molar-refractivity contribution is -0.148. The number of esters is 1. The Balaban J connectivity index is 2.29. The topological polar surface area (TPSA) is 26.3 Å². The zero-order valence-corrected chi connectivity index (χ0v) is 9.06. The second-order valence-corrected chi connectivity index (χ2v) is 4.50. The average Bonchev–Trinajstić information content (AvgIpc) is 2.32. The molecule has 0 radical (unpaired) electrons. The maximum Gasteiger partial charge on any atom is 0.318 e. The van der Waals surface area contributed by atoms with E-state index in [2.05, 4.69) is 12.6 Å². The van der Waals surface area contributed by atoms with Crippen LogP contribution in [0, 0.1) is 0 Å². The summed E-state index contributed by atoms with van der Waals surface area (Å²) in [7, 11) is 0. The van der Waals surface area contributed by atoms with Crippen LogP contribution in [0.1, 0.15) is 45.4 Å². The van der Waals surface area contributed by atoms with Gasteiger partial charge in [-0.1, -0.05) is 12.8 Å². The van der Waals surface area contributed by atoms with E-state index in [1.54, 1.807) is 6.92 Å². The molecule has 0 aromatic heterocycles. The van der Waals surface area contributed by atoms with Crippen molar-refractivity contribution in [1.29, 1.82) is 0 Å². The molecule has 0 aromatic carbocycles. The van der Waals surface area contributed by atoms with E-state index in [1.165, 1.54) is 25.7 Å². The molecule has 0 aromatic rings. The summed E-state index contributed by atoms with van der Waals surface area (Å²) < 4.78 is 5.32. The quantitative estimate of drug-likeness (QED) is 0.423. The molecule has 1 fully saturated rings. The lowest BCUT2D eigenvalue weighted by Crippen LogP contribution is -2.22. The van der Waals surface area contributed by atoms with Gasteiger partial charge in [0, 0.05) is 0 Å². The smallest absolute Gasteiger partial charge is 0.318 e. The first-order valence-corrected chi connectivity index (χ1v) is 5.60. The molecular formula is C10H18O2S. The van der Waals surface area contributed by atoms with Gasteiger partial charge in [0.05, 0.1) is 5.25 Å². The van der Waals surface area contributed by atoms with Crippen LogP contribution in [0.25, 0.3) is 0 Å². The molecule has 0 bridgehead atoms. The molecule has 76 valence electrons. The van der Waals surface area contributed by atoms with Gasteiger partial charge in [-0.25, -0.2) is 0 Å². The summed E-state index contributed by atoms with van der Waals surface area (Å²) in [4.78, 5) is 11.2. The summed E-state index contributed by atoms with van der Waals surface area (Å²) in [5.41, 5.74) is 0. The van der Waals surface area contributed by atoms with Gasteiger partial charge < -0.3 is 4.74 Å². The molecule has 0 aliphatic heterocycles. The molecule has 0 N–H and O–H groups in total. The van der Waals surface area contributed by atoms with Crippen LogP contribution < -0.4 is 0 Å². The van der Waals surface area contributed by atoms with E-state index in [9.17, 15) is 4.79 Å². The third-order valence-electron chi connectivity index (χ3n) is 2.43. The fourth-order valence-corrected chi connectivity index (χ4v) is 1.68. The van der Waals surface area contributed by atoms with E-state index < -0.39 is 0 Å². The number of hydrogen-bond acceptors (Lipinski definition) is 3. The third-order valence-corrected chi connectivity index (χ3v) is 2.64. The second-order valence-electron chi connectivity index (χ2n) is 3.73. The first kappa shape index (κ1) is 10.9. The summed E-state index contributed by atoms with van der Waals surface area (Å²) in [5.74, 6) is -0.171. The standard InChI is InChI=1S/C10H18O2S/c1-8(13)10(11)12-9-6-4-2-3-5-7-9/h8-9,13H,2-7H2,1H3. The van der Waals surface area contributed by atoms with Crippen LogP contribution in [0.2, 0.25) is 0 Å². The Morgan fingerprint density at radius 1 is 1.31 bits per heavy atom. The highest BCUT2D eigenvalue weighted by molar-refractivity contribution is 7.81. The zero-order valence-electron chi connectivity index (χ0n) is 8.16. The van der Waals surface area contributed by atoms with E-state index in [0.29, 0.717) is 0 Å². The van der Waals surface area contributed by atoms with Crippen LogP contribution in [0.5, 0.6) is 0 Å². The molecule has 0 spiro atoms. The Kier molecular flexibility index (Phi) is 4.64. The van der Waals surface area contributed by atoms with Crippen LogP contribution in [-0.4, -0.2) is 17.3 Å². The molecule has 1 saturated carbocycles. The first-order valence-electron chi connectivity index (χ1n) is 5.08. The molecule has 2 nitrogen and oxygen atoms in total. The summed E-state index contributed by atoms with van der Waals surface area (Å²) >= 11 is 4.04. The normalized spacial score (nSPS) is 22.0. The van der Waals surface area contributed by atoms with Crippen LogP contribution in [0.3, 0.4) is 0 Å². The van der Waals surface area contributed by atoms with Crippen molar-refractivity contribution in [2.75, 3.05) is 0 Å². The Labute approximate surface area is 85.4 Å². The van der Waals surface area contributed by atoms with E-state index in [1.807, 2.05) is 0 Å². The zero-order chi connectivity index (χ0) is 9.68.